The van der Waals surface area contributed by atoms with Gasteiger partial charge in [0.05, 0.1) is 6.10 Å². The number of hydrogen-bond donors (Lipinski definition) is 1. The summed E-state index contributed by atoms with van der Waals surface area (Å²) in [6, 6.07) is 0. The lowest BCUT2D eigenvalue weighted by atomic mass is 10.3. The quantitative estimate of drug-likeness (QED) is 0.664. The van der Waals surface area contributed by atoms with Crippen molar-refractivity contribution in [3.63, 3.8) is 0 Å². The summed E-state index contributed by atoms with van der Waals surface area (Å²) in [5.74, 6) is 0.925. The van der Waals surface area contributed by atoms with Crippen LogP contribution in [0.3, 0.4) is 0 Å². The lowest BCUT2D eigenvalue weighted by Gasteiger charge is -2.13. The maximum Gasteiger partial charge on any atom is 0.332 e. The molecule has 2 unspecified atom stereocenters. The number of ether oxygens (including phenoxy) is 2. The maximum atomic E-state index is 10.8. The van der Waals surface area contributed by atoms with Crippen LogP contribution in [0.1, 0.15) is 26.2 Å². The fraction of sp³-hybridized carbons (Fsp3) is 0.909. The molecule has 0 bridgehead atoms. The van der Waals surface area contributed by atoms with Crippen LogP contribution in [0.4, 0.5) is 0 Å². The van der Waals surface area contributed by atoms with Gasteiger partial charge in [0, 0.05) is 19.0 Å². The molecule has 0 aromatic carbocycles. The van der Waals surface area contributed by atoms with Crippen LogP contribution in [0, 0.1) is 0 Å². The first kappa shape index (κ1) is 13.8. The fourth-order valence-corrected chi connectivity index (χ4v) is 2.73. The Labute approximate surface area is 101 Å². The standard InChI is InChI=1S/C11H20O4S/c1-2-14-10(11(12)13)5-7-16-8-9-4-3-6-15-9/h9-10H,2-8H2,1H3,(H,12,13). The van der Waals surface area contributed by atoms with Gasteiger partial charge in [0.2, 0.25) is 0 Å². The Hall–Kier alpha value is -0.260. The van der Waals surface area contributed by atoms with Gasteiger partial charge in [0.25, 0.3) is 0 Å². The van der Waals surface area contributed by atoms with E-state index in [1.165, 1.54) is 0 Å². The van der Waals surface area contributed by atoms with Crippen molar-refractivity contribution in [3.8, 4) is 0 Å². The van der Waals surface area contributed by atoms with E-state index >= 15 is 0 Å². The Morgan fingerprint density at radius 1 is 1.69 bits per heavy atom. The van der Waals surface area contributed by atoms with Gasteiger partial charge in [-0.15, -0.1) is 0 Å². The van der Waals surface area contributed by atoms with Gasteiger partial charge in [0.1, 0.15) is 0 Å². The van der Waals surface area contributed by atoms with Crippen molar-refractivity contribution in [1.82, 2.24) is 0 Å². The monoisotopic (exact) mass is 248 g/mol. The zero-order valence-corrected chi connectivity index (χ0v) is 10.5. The number of aliphatic carboxylic acids is 1. The molecule has 0 aromatic heterocycles. The SMILES string of the molecule is CCOC(CCSCC1CCCO1)C(=O)O. The van der Waals surface area contributed by atoms with Crippen LogP contribution < -0.4 is 0 Å². The molecule has 0 amide bonds. The van der Waals surface area contributed by atoms with Gasteiger partial charge in [-0.25, -0.2) is 4.79 Å². The topological polar surface area (TPSA) is 55.8 Å². The Bertz CT molecular complexity index is 204. The number of carboxylic acid groups (broad SMARTS) is 1. The second-order valence-electron chi connectivity index (χ2n) is 3.78. The van der Waals surface area contributed by atoms with Gasteiger partial charge in [-0.3, -0.25) is 0 Å². The average molecular weight is 248 g/mol. The number of carboxylic acids is 1. The molecule has 1 aliphatic rings. The first-order chi connectivity index (χ1) is 7.74. The summed E-state index contributed by atoms with van der Waals surface area (Å²) in [5.41, 5.74) is 0. The van der Waals surface area contributed by atoms with E-state index in [4.69, 9.17) is 14.6 Å². The van der Waals surface area contributed by atoms with E-state index in [0.29, 0.717) is 19.1 Å². The third kappa shape index (κ3) is 5.18. The Morgan fingerprint density at radius 3 is 3.06 bits per heavy atom. The van der Waals surface area contributed by atoms with Gasteiger partial charge < -0.3 is 14.6 Å². The second-order valence-corrected chi connectivity index (χ2v) is 4.93. The molecule has 0 saturated carbocycles. The molecule has 94 valence electrons. The zero-order chi connectivity index (χ0) is 11.8. The van der Waals surface area contributed by atoms with Crippen molar-refractivity contribution in [2.75, 3.05) is 24.7 Å². The maximum absolute atomic E-state index is 10.8. The van der Waals surface area contributed by atoms with E-state index in [9.17, 15) is 4.79 Å². The highest BCUT2D eigenvalue weighted by molar-refractivity contribution is 7.99. The molecule has 1 N–H and O–H groups in total. The molecule has 2 atom stereocenters. The lowest BCUT2D eigenvalue weighted by molar-refractivity contribution is -0.150. The van der Waals surface area contributed by atoms with Crippen LogP contribution in [0.25, 0.3) is 0 Å². The van der Waals surface area contributed by atoms with Crippen LogP contribution in [0.15, 0.2) is 0 Å². The smallest absolute Gasteiger partial charge is 0.332 e. The number of thioether (sulfide) groups is 1. The first-order valence-electron chi connectivity index (χ1n) is 5.77. The molecule has 1 aliphatic heterocycles. The minimum Gasteiger partial charge on any atom is -0.479 e. The predicted molar refractivity (Wildman–Crippen MR) is 64.0 cm³/mol. The molecule has 0 radical (unpaired) electrons. The van der Waals surface area contributed by atoms with Crippen molar-refractivity contribution in [2.45, 2.75) is 38.4 Å². The Morgan fingerprint density at radius 2 is 2.50 bits per heavy atom. The minimum atomic E-state index is -0.862. The molecule has 1 rings (SSSR count). The molecule has 5 heteroatoms. The predicted octanol–water partition coefficient (Wildman–Crippen LogP) is 1.78. The van der Waals surface area contributed by atoms with Crippen LogP contribution >= 0.6 is 11.8 Å². The molecule has 0 spiro atoms. The molecule has 1 saturated heterocycles. The zero-order valence-electron chi connectivity index (χ0n) is 9.68. The van der Waals surface area contributed by atoms with Crippen LogP contribution in [-0.4, -0.2) is 48.0 Å². The summed E-state index contributed by atoms with van der Waals surface area (Å²) in [4.78, 5) is 10.8. The minimum absolute atomic E-state index is 0.375. The molecule has 0 aromatic rings. The van der Waals surface area contributed by atoms with E-state index in [2.05, 4.69) is 0 Å². The largest absolute Gasteiger partial charge is 0.479 e. The summed E-state index contributed by atoms with van der Waals surface area (Å²) in [7, 11) is 0. The van der Waals surface area contributed by atoms with E-state index < -0.39 is 12.1 Å². The van der Waals surface area contributed by atoms with Crippen molar-refractivity contribution in [1.29, 1.82) is 0 Å². The highest BCUT2D eigenvalue weighted by Crippen LogP contribution is 2.18. The normalized spacial score (nSPS) is 22.2. The Balaban J connectivity index is 2.05. The lowest BCUT2D eigenvalue weighted by Crippen LogP contribution is -2.24. The van der Waals surface area contributed by atoms with E-state index in [-0.39, 0.29) is 0 Å². The van der Waals surface area contributed by atoms with Crippen molar-refractivity contribution in [3.05, 3.63) is 0 Å². The summed E-state index contributed by atoms with van der Waals surface area (Å²) in [5, 5.41) is 8.86. The number of carbonyl (C=O) groups is 1. The second kappa shape index (κ2) is 7.92. The molecule has 1 heterocycles. The number of rotatable bonds is 8. The first-order valence-corrected chi connectivity index (χ1v) is 6.93. The van der Waals surface area contributed by atoms with Gasteiger partial charge in [0.15, 0.2) is 6.10 Å². The van der Waals surface area contributed by atoms with Crippen molar-refractivity contribution in [2.24, 2.45) is 0 Å². The molecule has 0 aliphatic carbocycles. The van der Waals surface area contributed by atoms with Gasteiger partial charge in [-0.2, -0.15) is 11.8 Å². The summed E-state index contributed by atoms with van der Waals surface area (Å²) in [6.45, 7) is 3.14. The van der Waals surface area contributed by atoms with Crippen LogP contribution in [0.2, 0.25) is 0 Å². The molecule has 1 fully saturated rings. The molecular formula is C11H20O4S. The highest BCUT2D eigenvalue weighted by Gasteiger charge is 2.18. The third-order valence-corrected chi connectivity index (χ3v) is 3.63. The highest BCUT2D eigenvalue weighted by atomic mass is 32.2. The van der Waals surface area contributed by atoms with E-state index in [1.54, 1.807) is 11.8 Å². The average Bonchev–Trinajstić information content (AvgIpc) is 2.75. The van der Waals surface area contributed by atoms with Gasteiger partial charge in [-0.05, 0) is 31.9 Å². The summed E-state index contributed by atoms with van der Waals surface area (Å²) in [6.07, 6.45) is 2.59. The molecule has 4 nitrogen and oxygen atoms in total. The third-order valence-electron chi connectivity index (χ3n) is 2.50. The van der Waals surface area contributed by atoms with Crippen LogP contribution in [0.5, 0.6) is 0 Å². The molecule has 16 heavy (non-hydrogen) atoms. The van der Waals surface area contributed by atoms with E-state index in [1.807, 2.05) is 6.92 Å². The van der Waals surface area contributed by atoms with E-state index in [0.717, 1.165) is 31.0 Å². The van der Waals surface area contributed by atoms with Crippen LogP contribution in [-0.2, 0) is 14.3 Å². The van der Waals surface area contributed by atoms with Crippen molar-refractivity contribution < 1.29 is 19.4 Å². The molecular weight excluding hydrogens is 228 g/mol. The van der Waals surface area contributed by atoms with Crippen molar-refractivity contribution >= 4 is 17.7 Å². The van der Waals surface area contributed by atoms with Gasteiger partial charge >= 0.3 is 5.97 Å². The summed E-state index contributed by atoms with van der Waals surface area (Å²) >= 11 is 1.75. The summed E-state index contributed by atoms with van der Waals surface area (Å²) < 4.78 is 10.6. The Kier molecular flexibility index (Phi) is 6.84. The fourth-order valence-electron chi connectivity index (χ4n) is 1.66. The number of hydrogen-bond acceptors (Lipinski definition) is 4. The van der Waals surface area contributed by atoms with Gasteiger partial charge in [-0.1, -0.05) is 0 Å².